The summed E-state index contributed by atoms with van der Waals surface area (Å²) < 4.78 is 7.82. The van der Waals surface area contributed by atoms with Crippen LogP contribution in [-0.4, -0.2) is 32.6 Å². The van der Waals surface area contributed by atoms with Gasteiger partial charge < -0.3 is 4.74 Å². The van der Waals surface area contributed by atoms with Crippen LogP contribution in [0.1, 0.15) is 11.1 Å². The Bertz CT molecular complexity index is 1530. The number of rotatable bonds is 9. The van der Waals surface area contributed by atoms with Crippen molar-refractivity contribution in [2.45, 2.75) is 12.1 Å². The first-order chi connectivity index (χ1) is 18.7. The van der Waals surface area contributed by atoms with Crippen molar-refractivity contribution in [1.29, 1.82) is 0 Å². The Morgan fingerprint density at radius 2 is 1.61 bits per heavy atom. The highest BCUT2D eigenvalue weighted by atomic mass is 32.2. The summed E-state index contributed by atoms with van der Waals surface area (Å²) in [6.07, 6.45) is 1.59. The topological polar surface area (TPSA) is 81.4 Å². The predicted molar refractivity (Wildman–Crippen MR) is 151 cm³/mol. The molecule has 0 atom stereocenters. The molecule has 1 heterocycles. The molecule has 7 nitrogen and oxygen atoms in total. The number of hydrogen-bond donors (Lipinski definition) is 1. The van der Waals surface area contributed by atoms with Gasteiger partial charge in [-0.05, 0) is 48.9 Å². The number of ether oxygens (including phenoxy) is 1. The third-order valence-corrected chi connectivity index (χ3v) is 6.46. The van der Waals surface area contributed by atoms with Gasteiger partial charge in [0, 0.05) is 11.3 Å². The first-order valence-electron chi connectivity index (χ1n) is 12.0. The number of carbonyl (C=O) groups is 1. The molecule has 4 aromatic carbocycles. The average Bonchev–Trinajstić information content (AvgIpc) is 3.37. The molecule has 0 aliphatic rings. The van der Waals surface area contributed by atoms with Gasteiger partial charge in [-0.2, -0.15) is 5.10 Å². The van der Waals surface area contributed by atoms with Gasteiger partial charge in [0.1, 0.15) is 11.5 Å². The minimum Gasteiger partial charge on any atom is -0.457 e. The zero-order valence-corrected chi connectivity index (χ0v) is 21.5. The van der Waals surface area contributed by atoms with Gasteiger partial charge in [-0.1, -0.05) is 90.1 Å². The Kier molecular flexibility index (Phi) is 7.91. The Morgan fingerprint density at radius 1 is 0.895 bits per heavy atom. The normalized spacial score (nSPS) is 11.0. The first-order valence-corrected chi connectivity index (χ1v) is 13.0. The quantitative estimate of drug-likeness (QED) is 0.141. The highest BCUT2D eigenvalue weighted by Gasteiger charge is 2.17. The van der Waals surface area contributed by atoms with E-state index < -0.39 is 0 Å². The Labute approximate surface area is 225 Å². The Balaban J connectivity index is 1.24. The molecule has 5 aromatic rings. The standard InChI is InChI=1S/C30H25N5O2S/c1-22-15-17-24(18-16-22)29-33-34-30(35(29)25-10-4-2-5-11-25)38-21-28(36)32-31-20-23-9-8-14-27(19-23)37-26-12-6-3-7-13-26/h2-20H,21H2,1H3,(H,32,36)/b31-20-. The third kappa shape index (κ3) is 6.35. The zero-order valence-electron chi connectivity index (χ0n) is 20.7. The van der Waals surface area contributed by atoms with Gasteiger partial charge in [0.05, 0.1) is 12.0 Å². The van der Waals surface area contributed by atoms with Crippen molar-refractivity contribution in [2.75, 3.05) is 5.75 Å². The molecule has 188 valence electrons. The van der Waals surface area contributed by atoms with Crippen LogP contribution in [0.15, 0.2) is 119 Å². The second-order valence-electron chi connectivity index (χ2n) is 8.41. The van der Waals surface area contributed by atoms with Gasteiger partial charge in [-0.25, -0.2) is 5.43 Å². The van der Waals surface area contributed by atoms with Crippen LogP contribution in [0.2, 0.25) is 0 Å². The lowest BCUT2D eigenvalue weighted by molar-refractivity contribution is -0.118. The smallest absolute Gasteiger partial charge is 0.250 e. The number of aryl methyl sites for hydroxylation is 1. The van der Waals surface area contributed by atoms with Gasteiger partial charge in [0.25, 0.3) is 5.91 Å². The van der Waals surface area contributed by atoms with E-state index in [1.807, 2.05) is 121 Å². The highest BCUT2D eigenvalue weighted by molar-refractivity contribution is 7.99. The van der Waals surface area contributed by atoms with E-state index in [4.69, 9.17) is 4.74 Å². The van der Waals surface area contributed by atoms with E-state index in [-0.39, 0.29) is 11.7 Å². The highest BCUT2D eigenvalue weighted by Crippen LogP contribution is 2.28. The summed E-state index contributed by atoms with van der Waals surface area (Å²) in [5.74, 6) is 2.04. The minimum atomic E-state index is -0.248. The lowest BCUT2D eigenvalue weighted by Crippen LogP contribution is -2.20. The van der Waals surface area contributed by atoms with Crippen LogP contribution in [0.25, 0.3) is 17.1 Å². The molecule has 1 N–H and O–H groups in total. The molecule has 0 aliphatic carbocycles. The van der Waals surface area contributed by atoms with Crippen LogP contribution in [0, 0.1) is 6.92 Å². The number of benzene rings is 4. The molecule has 0 unspecified atom stereocenters. The fourth-order valence-corrected chi connectivity index (χ4v) is 4.43. The van der Waals surface area contributed by atoms with Crippen molar-refractivity contribution >= 4 is 23.9 Å². The number of carbonyl (C=O) groups excluding carboxylic acids is 1. The summed E-state index contributed by atoms with van der Waals surface area (Å²) in [6.45, 7) is 2.04. The number of hydrogen-bond acceptors (Lipinski definition) is 6. The molecular formula is C30H25N5O2S. The number of aromatic nitrogens is 3. The molecule has 5 rings (SSSR count). The second kappa shape index (κ2) is 12.0. The number of thioether (sulfide) groups is 1. The van der Waals surface area contributed by atoms with Crippen LogP contribution < -0.4 is 10.2 Å². The SMILES string of the molecule is Cc1ccc(-c2nnc(SCC(=O)N/N=C\c3cccc(Oc4ccccc4)c3)n2-c2ccccc2)cc1. The lowest BCUT2D eigenvalue weighted by atomic mass is 10.1. The molecule has 1 aromatic heterocycles. The van der Waals surface area contributed by atoms with Crippen molar-refractivity contribution in [3.8, 4) is 28.6 Å². The molecule has 0 saturated heterocycles. The maximum atomic E-state index is 12.5. The summed E-state index contributed by atoms with van der Waals surface area (Å²) >= 11 is 1.30. The van der Waals surface area contributed by atoms with Crippen LogP contribution in [0.4, 0.5) is 0 Å². The van der Waals surface area contributed by atoms with Crippen LogP contribution in [0.3, 0.4) is 0 Å². The lowest BCUT2D eigenvalue weighted by Gasteiger charge is -2.10. The summed E-state index contributed by atoms with van der Waals surface area (Å²) in [5, 5.41) is 13.5. The number of amides is 1. The summed E-state index contributed by atoms with van der Waals surface area (Å²) in [5.41, 5.74) is 6.43. The zero-order chi connectivity index (χ0) is 26.2. The summed E-state index contributed by atoms with van der Waals surface area (Å²) in [6, 6.07) is 35.0. The van der Waals surface area contributed by atoms with Crippen molar-refractivity contribution in [3.63, 3.8) is 0 Å². The minimum absolute atomic E-state index is 0.132. The fourth-order valence-electron chi connectivity index (χ4n) is 3.69. The maximum absolute atomic E-state index is 12.5. The van der Waals surface area contributed by atoms with Crippen LogP contribution in [-0.2, 0) is 4.79 Å². The molecular weight excluding hydrogens is 494 g/mol. The number of nitrogens with zero attached hydrogens (tertiary/aromatic N) is 4. The maximum Gasteiger partial charge on any atom is 0.250 e. The molecule has 38 heavy (non-hydrogen) atoms. The summed E-state index contributed by atoms with van der Waals surface area (Å²) in [4.78, 5) is 12.5. The largest absolute Gasteiger partial charge is 0.457 e. The van der Waals surface area contributed by atoms with Gasteiger partial charge in [0.2, 0.25) is 0 Å². The predicted octanol–water partition coefficient (Wildman–Crippen LogP) is 6.28. The van der Waals surface area contributed by atoms with Gasteiger partial charge in [0.15, 0.2) is 11.0 Å². The molecule has 0 saturated carbocycles. The molecule has 0 aliphatic heterocycles. The van der Waals surface area contributed by atoms with E-state index in [0.717, 1.165) is 28.4 Å². The second-order valence-corrected chi connectivity index (χ2v) is 9.36. The van der Waals surface area contributed by atoms with E-state index in [2.05, 4.69) is 20.7 Å². The molecule has 8 heteroatoms. The van der Waals surface area contributed by atoms with E-state index in [9.17, 15) is 4.79 Å². The van der Waals surface area contributed by atoms with E-state index in [0.29, 0.717) is 10.9 Å². The average molecular weight is 520 g/mol. The van der Waals surface area contributed by atoms with E-state index >= 15 is 0 Å². The van der Waals surface area contributed by atoms with Gasteiger partial charge >= 0.3 is 0 Å². The molecule has 0 spiro atoms. The van der Waals surface area contributed by atoms with Crippen molar-refractivity contribution in [3.05, 3.63) is 120 Å². The molecule has 0 fully saturated rings. The van der Waals surface area contributed by atoms with Crippen LogP contribution >= 0.6 is 11.8 Å². The van der Waals surface area contributed by atoms with Crippen molar-refractivity contribution in [2.24, 2.45) is 5.10 Å². The fraction of sp³-hybridized carbons (Fsp3) is 0.0667. The van der Waals surface area contributed by atoms with Crippen LogP contribution in [0.5, 0.6) is 11.5 Å². The molecule has 1 amide bonds. The number of hydrazone groups is 1. The van der Waals surface area contributed by atoms with Gasteiger partial charge in [-0.15, -0.1) is 10.2 Å². The third-order valence-electron chi connectivity index (χ3n) is 5.53. The van der Waals surface area contributed by atoms with Gasteiger partial charge in [-0.3, -0.25) is 9.36 Å². The Hall–Kier alpha value is -4.69. The Morgan fingerprint density at radius 3 is 2.37 bits per heavy atom. The number of para-hydroxylation sites is 2. The molecule has 0 radical (unpaired) electrons. The van der Waals surface area contributed by atoms with Crippen molar-refractivity contribution < 1.29 is 9.53 Å². The summed E-state index contributed by atoms with van der Waals surface area (Å²) in [7, 11) is 0. The van der Waals surface area contributed by atoms with E-state index in [1.54, 1.807) is 6.21 Å². The van der Waals surface area contributed by atoms with Crippen molar-refractivity contribution in [1.82, 2.24) is 20.2 Å². The number of nitrogens with one attached hydrogen (secondary N) is 1. The monoisotopic (exact) mass is 519 g/mol. The first kappa shape index (κ1) is 25.0. The van der Waals surface area contributed by atoms with E-state index in [1.165, 1.54) is 17.3 Å². The molecule has 0 bridgehead atoms.